The molecule has 0 aromatic carbocycles. The van der Waals surface area contributed by atoms with E-state index in [0.29, 0.717) is 6.54 Å². The maximum Gasteiger partial charge on any atom is 0.266 e. The van der Waals surface area contributed by atoms with Gasteiger partial charge in [-0.3, -0.25) is 24.3 Å². The number of piperidine rings is 2. The molecule has 1 amide bonds. The number of nitrogens with zero attached hydrogens (tertiary/aromatic N) is 3. The van der Waals surface area contributed by atoms with Gasteiger partial charge in [0, 0.05) is 19.7 Å². The molecule has 6 heteroatoms. The maximum absolute atomic E-state index is 12.7. The number of H-pyrrole nitrogens is 1. The van der Waals surface area contributed by atoms with Gasteiger partial charge in [-0.05, 0) is 45.2 Å². The van der Waals surface area contributed by atoms with E-state index in [9.17, 15) is 9.59 Å². The standard InChI is InChI=1S/C16H26N4O2/c1-18-15(21)11-13(17-18)14-7-3-6-10-20(14)16(22)12-19-8-4-2-5-9-19/h11,14,17H,2-10,12H2,1H3. The van der Waals surface area contributed by atoms with Crippen LogP contribution in [0.4, 0.5) is 0 Å². The smallest absolute Gasteiger partial charge is 0.266 e. The Hall–Kier alpha value is -1.56. The molecule has 0 aliphatic carbocycles. The van der Waals surface area contributed by atoms with Crippen LogP contribution in [-0.2, 0) is 11.8 Å². The molecule has 0 saturated carbocycles. The Kier molecular flexibility index (Phi) is 4.66. The third-order valence-corrected chi connectivity index (χ3v) is 4.90. The Bertz CT molecular complexity index is 571. The van der Waals surface area contributed by atoms with Crippen LogP contribution < -0.4 is 5.56 Å². The summed E-state index contributed by atoms with van der Waals surface area (Å²) < 4.78 is 1.48. The average molecular weight is 306 g/mol. The first-order chi connectivity index (χ1) is 10.6. The third kappa shape index (κ3) is 3.27. The topological polar surface area (TPSA) is 61.3 Å². The molecule has 1 atom stereocenters. The van der Waals surface area contributed by atoms with Crippen molar-refractivity contribution < 1.29 is 4.79 Å². The van der Waals surface area contributed by atoms with Crippen LogP contribution in [-0.4, -0.2) is 51.7 Å². The number of aromatic nitrogens is 2. The second kappa shape index (κ2) is 6.69. The number of nitrogens with one attached hydrogen (secondary N) is 1. The molecule has 2 aliphatic rings. The molecular weight excluding hydrogens is 280 g/mol. The van der Waals surface area contributed by atoms with Crippen LogP contribution in [0.5, 0.6) is 0 Å². The summed E-state index contributed by atoms with van der Waals surface area (Å²) in [5.41, 5.74) is 0.836. The molecule has 2 aliphatic heterocycles. The minimum atomic E-state index is -0.0380. The van der Waals surface area contributed by atoms with E-state index >= 15 is 0 Å². The van der Waals surface area contributed by atoms with E-state index in [1.807, 2.05) is 4.90 Å². The Morgan fingerprint density at radius 2 is 1.91 bits per heavy atom. The van der Waals surface area contributed by atoms with E-state index in [1.54, 1.807) is 13.1 Å². The highest BCUT2D eigenvalue weighted by molar-refractivity contribution is 5.78. The first-order valence-electron chi connectivity index (χ1n) is 8.43. The Morgan fingerprint density at radius 3 is 2.59 bits per heavy atom. The van der Waals surface area contributed by atoms with E-state index in [-0.39, 0.29) is 17.5 Å². The lowest BCUT2D eigenvalue weighted by molar-refractivity contribution is -0.136. The molecule has 6 nitrogen and oxygen atoms in total. The number of aromatic amines is 1. The summed E-state index contributed by atoms with van der Waals surface area (Å²) in [6.45, 7) is 3.39. The minimum absolute atomic E-state index is 0.0277. The van der Waals surface area contributed by atoms with Gasteiger partial charge in [0.25, 0.3) is 5.56 Å². The van der Waals surface area contributed by atoms with Crippen LogP contribution >= 0.6 is 0 Å². The SMILES string of the molecule is Cn1[nH]c(C2CCCCN2C(=O)CN2CCCCC2)cc1=O. The van der Waals surface area contributed by atoms with Crippen LogP contribution in [0.1, 0.15) is 50.3 Å². The molecule has 0 radical (unpaired) electrons. The number of hydrogen-bond acceptors (Lipinski definition) is 3. The largest absolute Gasteiger partial charge is 0.333 e. The predicted octanol–water partition coefficient (Wildman–Crippen LogP) is 1.25. The number of rotatable bonds is 3. The zero-order valence-corrected chi connectivity index (χ0v) is 13.4. The van der Waals surface area contributed by atoms with Crippen molar-refractivity contribution in [3.63, 3.8) is 0 Å². The van der Waals surface area contributed by atoms with Crippen molar-refractivity contribution in [1.29, 1.82) is 0 Å². The summed E-state index contributed by atoms with van der Waals surface area (Å²) in [5, 5.41) is 3.10. The van der Waals surface area contributed by atoms with Crippen molar-refractivity contribution in [3.8, 4) is 0 Å². The van der Waals surface area contributed by atoms with Crippen LogP contribution in [0.3, 0.4) is 0 Å². The molecule has 122 valence electrons. The Morgan fingerprint density at radius 1 is 1.18 bits per heavy atom. The quantitative estimate of drug-likeness (QED) is 0.914. The van der Waals surface area contributed by atoms with Gasteiger partial charge in [0.1, 0.15) is 0 Å². The van der Waals surface area contributed by atoms with Gasteiger partial charge in [0.2, 0.25) is 5.91 Å². The van der Waals surface area contributed by atoms with E-state index in [0.717, 1.165) is 44.6 Å². The average Bonchev–Trinajstić information content (AvgIpc) is 2.87. The number of carbonyl (C=O) groups is 1. The van der Waals surface area contributed by atoms with E-state index in [2.05, 4.69) is 10.00 Å². The fourth-order valence-electron chi connectivity index (χ4n) is 3.63. The van der Waals surface area contributed by atoms with Crippen molar-refractivity contribution in [2.24, 2.45) is 7.05 Å². The van der Waals surface area contributed by atoms with Gasteiger partial charge in [0.05, 0.1) is 18.3 Å². The van der Waals surface area contributed by atoms with Crippen molar-refractivity contribution >= 4 is 5.91 Å². The lowest BCUT2D eigenvalue weighted by Gasteiger charge is -2.37. The lowest BCUT2D eigenvalue weighted by atomic mass is 9.99. The maximum atomic E-state index is 12.7. The van der Waals surface area contributed by atoms with Gasteiger partial charge in [-0.25, -0.2) is 0 Å². The first kappa shape index (κ1) is 15.3. The van der Waals surface area contributed by atoms with Crippen LogP contribution in [0.25, 0.3) is 0 Å². The first-order valence-corrected chi connectivity index (χ1v) is 8.43. The number of hydrogen-bond donors (Lipinski definition) is 1. The highest BCUT2D eigenvalue weighted by Gasteiger charge is 2.30. The molecule has 1 unspecified atom stereocenters. The number of amides is 1. The van der Waals surface area contributed by atoms with Gasteiger partial charge in [-0.15, -0.1) is 0 Å². The van der Waals surface area contributed by atoms with Crippen molar-refractivity contribution in [3.05, 3.63) is 22.1 Å². The molecule has 3 heterocycles. The van der Waals surface area contributed by atoms with E-state index in [4.69, 9.17) is 0 Å². The molecule has 2 saturated heterocycles. The van der Waals surface area contributed by atoms with Gasteiger partial charge >= 0.3 is 0 Å². The van der Waals surface area contributed by atoms with Gasteiger partial charge < -0.3 is 4.90 Å². The number of aryl methyl sites for hydroxylation is 1. The van der Waals surface area contributed by atoms with Crippen LogP contribution in [0, 0.1) is 0 Å². The van der Waals surface area contributed by atoms with E-state index < -0.39 is 0 Å². The minimum Gasteiger partial charge on any atom is -0.333 e. The molecule has 3 rings (SSSR count). The molecule has 1 aromatic heterocycles. The highest BCUT2D eigenvalue weighted by Crippen LogP contribution is 2.29. The monoisotopic (exact) mass is 306 g/mol. The number of likely N-dealkylation sites (tertiary alicyclic amines) is 2. The molecular formula is C16H26N4O2. The predicted molar refractivity (Wildman–Crippen MR) is 84.6 cm³/mol. The molecule has 22 heavy (non-hydrogen) atoms. The van der Waals surface area contributed by atoms with Crippen LogP contribution in [0.15, 0.2) is 10.9 Å². The fourth-order valence-corrected chi connectivity index (χ4v) is 3.63. The van der Waals surface area contributed by atoms with Crippen molar-refractivity contribution in [2.75, 3.05) is 26.2 Å². The summed E-state index contributed by atoms with van der Waals surface area (Å²) in [6.07, 6.45) is 6.77. The second-order valence-corrected chi connectivity index (χ2v) is 6.54. The molecule has 1 aromatic rings. The van der Waals surface area contributed by atoms with E-state index in [1.165, 1.54) is 23.9 Å². The normalized spacial score (nSPS) is 23.7. The zero-order valence-electron chi connectivity index (χ0n) is 13.4. The van der Waals surface area contributed by atoms with Crippen molar-refractivity contribution in [2.45, 2.75) is 44.6 Å². The molecule has 1 N–H and O–H groups in total. The van der Waals surface area contributed by atoms with Crippen LogP contribution in [0.2, 0.25) is 0 Å². The summed E-state index contributed by atoms with van der Waals surface area (Å²) in [6, 6.07) is 1.66. The Labute approximate surface area is 131 Å². The van der Waals surface area contributed by atoms with Gasteiger partial charge in [-0.2, -0.15) is 0 Å². The second-order valence-electron chi connectivity index (χ2n) is 6.54. The molecule has 2 fully saturated rings. The summed E-state index contributed by atoms with van der Waals surface area (Å²) in [5.74, 6) is 0.205. The summed E-state index contributed by atoms with van der Waals surface area (Å²) in [7, 11) is 1.72. The highest BCUT2D eigenvalue weighted by atomic mass is 16.2. The third-order valence-electron chi connectivity index (χ3n) is 4.90. The Balaban J connectivity index is 1.71. The fraction of sp³-hybridized carbons (Fsp3) is 0.750. The number of carbonyl (C=O) groups excluding carboxylic acids is 1. The zero-order chi connectivity index (χ0) is 15.5. The molecule has 0 bridgehead atoms. The lowest BCUT2D eigenvalue weighted by Crippen LogP contribution is -2.45. The summed E-state index contributed by atoms with van der Waals surface area (Å²) in [4.78, 5) is 28.7. The molecule has 0 spiro atoms. The van der Waals surface area contributed by atoms with Gasteiger partial charge in [0.15, 0.2) is 0 Å². The van der Waals surface area contributed by atoms with Crippen molar-refractivity contribution in [1.82, 2.24) is 19.6 Å². The summed E-state index contributed by atoms with van der Waals surface area (Å²) >= 11 is 0. The van der Waals surface area contributed by atoms with Gasteiger partial charge in [-0.1, -0.05) is 6.42 Å².